The number of rotatable bonds is 1. The van der Waals surface area contributed by atoms with E-state index in [-0.39, 0.29) is 5.91 Å². The Morgan fingerprint density at radius 1 is 1.89 bits per heavy atom. The van der Waals surface area contributed by atoms with Crippen molar-refractivity contribution in [2.75, 3.05) is 0 Å². The summed E-state index contributed by atoms with van der Waals surface area (Å²) in [6.07, 6.45) is 2.85. The molecule has 0 atom stereocenters. The molecule has 0 saturated heterocycles. The molecule has 0 aliphatic rings. The number of aromatic nitrogens is 2. The van der Waals surface area contributed by atoms with Gasteiger partial charge in [0.25, 0.3) is 5.91 Å². The minimum Gasteiger partial charge on any atom is -0.290 e. The standard InChI is InChI=1S/C4H6N4O/c5-8-4(9)3-1-6-7-2-3/h1-2H,5H2,(H,6,7)(H,8,9). The largest absolute Gasteiger partial charge is 0.290 e. The van der Waals surface area contributed by atoms with Crippen LogP contribution in [-0.4, -0.2) is 16.1 Å². The van der Waals surface area contributed by atoms with Crippen LogP contribution >= 0.6 is 0 Å². The van der Waals surface area contributed by atoms with Crippen LogP contribution in [0.5, 0.6) is 0 Å². The van der Waals surface area contributed by atoms with E-state index in [2.05, 4.69) is 10.2 Å². The van der Waals surface area contributed by atoms with Crippen molar-refractivity contribution < 1.29 is 4.79 Å². The summed E-state index contributed by atoms with van der Waals surface area (Å²) in [5, 5.41) is 6.03. The quantitative estimate of drug-likeness (QED) is 0.257. The van der Waals surface area contributed by atoms with Gasteiger partial charge in [-0.1, -0.05) is 0 Å². The van der Waals surface area contributed by atoms with Crippen molar-refractivity contribution in [3.8, 4) is 0 Å². The zero-order valence-corrected chi connectivity index (χ0v) is 4.59. The number of nitrogens with one attached hydrogen (secondary N) is 2. The van der Waals surface area contributed by atoms with Gasteiger partial charge in [-0.25, -0.2) is 5.84 Å². The Morgan fingerprint density at radius 3 is 3.11 bits per heavy atom. The first-order valence-electron chi connectivity index (χ1n) is 2.34. The van der Waals surface area contributed by atoms with Crippen LogP contribution in [0, 0.1) is 0 Å². The van der Waals surface area contributed by atoms with Crippen LogP contribution in [0.4, 0.5) is 0 Å². The van der Waals surface area contributed by atoms with Crippen LogP contribution < -0.4 is 11.3 Å². The van der Waals surface area contributed by atoms with E-state index in [9.17, 15) is 4.79 Å². The van der Waals surface area contributed by atoms with E-state index < -0.39 is 0 Å². The molecule has 0 spiro atoms. The number of nitrogen functional groups attached to an aromatic ring is 1. The number of H-pyrrole nitrogens is 1. The molecule has 1 heterocycles. The summed E-state index contributed by atoms with van der Waals surface area (Å²) in [6, 6.07) is 0. The molecule has 5 heteroatoms. The van der Waals surface area contributed by atoms with E-state index in [1.54, 1.807) is 0 Å². The van der Waals surface area contributed by atoms with Crippen LogP contribution in [0.25, 0.3) is 0 Å². The number of hydrazine groups is 1. The number of nitrogens with zero attached hydrogens (tertiary/aromatic N) is 1. The molecule has 1 aromatic heterocycles. The van der Waals surface area contributed by atoms with Gasteiger partial charge in [0.15, 0.2) is 0 Å². The first-order valence-corrected chi connectivity index (χ1v) is 2.34. The molecule has 9 heavy (non-hydrogen) atoms. The van der Waals surface area contributed by atoms with Crippen LogP contribution in [0.1, 0.15) is 10.4 Å². The summed E-state index contributed by atoms with van der Waals surface area (Å²) in [7, 11) is 0. The fourth-order valence-electron chi connectivity index (χ4n) is 0.458. The van der Waals surface area contributed by atoms with Gasteiger partial charge < -0.3 is 0 Å². The van der Waals surface area contributed by atoms with Crippen molar-refractivity contribution in [1.29, 1.82) is 0 Å². The van der Waals surface area contributed by atoms with Crippen LogP contribution in [-0.2, 0) is 0 Å². The van der Waals surface area contributed by atoms with Crippen molar-refractivity contribution in [3.63, 3.8) is 0 Å². The van der Waals surface area contributed by atoms with E-state index in [1.807, 2.05) is 5.43 Å². The zero-order chi connectivity index (χ0) is 6.69. The smallest absolute Gasteiger partial charge is 0.268 e. The van der Waals surface area contributed by atoms with Gasteiger partial charge in [0.2, 0.25) is 0 Å². The Kier molecular flexibility index (Phi) is 1.46. The minimum atomic E-state index is -0.344. The number of nitrogens with two attached hydrogens (primary N) is 1. The van der Waals surface area contributed by atoms with Crippen LogP contribution in [0.3, 0.4) is 0 Å². The van der Waals surface area contributed by atoms with Crippen molar-refractivity contribution in [2.45, 2.75) is 0 Å². The molecule has 0 radical (unpaired) electrons. The highest BCUT2D eigenvalue weighted by atomic mass is 16.2. The highest BCUT2D eigenvalue weighted by Crippen LogP contribution is 1.89. The second-order valence-electron chi connectivity index (χ2n) is 1.46. The lowest BCUT2D eigenvalue weighted by atomic mass is 10.3. The molecule has 1 aromatic rings. The third-order valence-electron chi connectivity index (χ3n) is 0.892. The summed E-state index contributed by atoms with van der Waals surface area (Å²) >= 11 is 0. The maximum Gasteiger partial charge on any atom is 0.268 e. The average molecular weight is 126 g/mol. The Bertz CT molecular complexity index is 192. The fourth-order valence-corrected chi connectivity index (χ4v) is 0.458. The second-order valence-corrected chi connectivity index (χ2v) is 1.46. The molecule has 0 fully saturated rings. The minimum absolute atomic E-state index is 0.344. The number of carbonyl (C=O) groups is 1. The lowest BCUT2D eigenvalue weighted by Crippen LogP contribution is -2.29. The number of aromatic amines is 1. The predicted octanol–water partition coefficient (Wildman–Crippen LogP) is -0.987. The maximum atomic E-state index is 10.6. The molecule has 5 nitrogen and oxygen atoms in total. The summed E-state index contributed by atoms with van der Waals surface area (Å²) in [6.45, 7) is 0. The lowest BCUT2D eigenvalue weighted by Gasteiger charge is -1.89. The van der Waals surface area contributed by atoms with Gasteiger partial charge in [0.1, 0.15) is 0 Å². The summed E-state index contributed by atoms with van der Waals surface area (Å²) in [4.78, 5) is 10.6. The maximum absolute atomic E-state index is 10.6. The van der Waals surface area contributed by atoms with Gasteiger partial charge in [0.05, 0.1) is 11.8 Å². The number of amides is 1. The second kappa shape index (κ2) is 2.27. The molecular weight excluding hydrogens is 120 g/mol. The van der Waals surface area contributed by atoms with Gasteiger partial charge in [-0.3, -0.25) is 15.3 Å². The van der Waals surface area contributed by atoms with Crippen LogP contribution in [0.15, 0.2) is 12.4 Å². The van der Waals surface area contributed by atoms with Crippen molar-refractivity contribution in [1.82, 2.24) is 15.6 Å². The first-order chi connectivity index (χ1) is 4.34. The average Bonchev–Trinajstić information content (AvgIpc) is 2.37. The lowest BCUT2D eigenvalue weighted by molar-refractivity contribution is 0.0953. The van der Waals surface area contributed by atoms with E-state index in [0.717, 1.165) is 0 Å². The van der Waals surface area contributed by atoms with E-state index in [1.165, 1.54) is 12.4 Å². The highest BCUT2D eigenvalue weighted by molar-refractivity contribution is 5.93. The monoisotopic (exact) mass is 126 g/mol. The predicted molar refractivity (Wildman–Crippen MR) is 30.2 cm³/mol. The molecule has 0 aromatic carbocycles. The molecule has 0 saturated carbocycles. The Balaban J connectivity index is 2.77. The first kappa shape index (κ1) is 5.77. The van der Waals surface area contributed by atoms with Gasteiger partial charge in [-0.2, -0.15) is 5.10 Å². The highest BCUT2D eigenvalue weighted by Gasteiger charge is 2.01. The molecule has 0 bridgehead atoms. The SMILES string of the molecule is NNC(=O)c1cn[nH]c1. The van der Waals surface area contributed by atoms with Crippen molar-refractivity contribution >= 4 is 5.91 Å². The Morgan fingerprint density at radius 2 is 2.67 bits per heavy atom. The molecule has 0 aliphatic heterocycles. The molecule has 1 amide bonds. The third-order valence-corrected chi connectivity index (χ3v) is 0.892. The molecule has 48 valence electrons. The molecule has 0 unspecified atom stereocenters. The van der Waals surface area contributed by atoms with Crippen molar-refractivity contribution in [2.24, 2.45) is 5.84 Å². The normalized spacial score (nSPS) is 9.00. The summed E-state index contributed by atoms with van der Waals surface area (Å²) in [5.41, 5.74) is 2.40. The summed E-state index contributed by atoms with van der Waals surface area (Å²) < 4.78 is 0. The van der Waals surface area contributed by atoms with E-state index in [4.69, 9.17) is 5.84 Å². The summed E-state index contributed by atoms with van der Waals surface area (Å²) in [5.74, 6) is 4.48. The molecule has 1 rings (SSSR count). The van der Waals surface area contributed by atoms with Gasteiger partial charge in [0, 0.05) is 6.20 Å². The van der Waals surface area contributed by atoms with Gasteiger partial charge in [-0.05, 0) is 0 Å². The fraction of sp³-hybridized carbons (Fsp3) is 0. The van der Waals surface area contributed by atoms with E-state index in [0.29, 0.717) is 5.56 Å². The number of carbonyl (C=O) groups excluding carboxylic acids is 1. The Labute approximate surface area is 51.2 Å². The third kappa shape index (κ3) is 1.06. The molecular formula is C4H6N4O. The Hall–Kier alpha value is -1.36. The number of hydrogen-bond acceptors (Lipinski definition) is 3. The number of hydrogen-bond donors (Lipinski definition) is 3. The van der Waals surface area contributed by atoms with Gasteiger partial charge in [-0.15, -0.1) is 0 Å². The van der Waals surface area contributed by atoms with Gasteiger partial charge >= 0.3 is 0 Å². The van der Waals surface area contributed by atoms with Crippen molar-refractivity contribution in [3.05, 3.63) is 18.0 Å². The molecule has 4 N–H and O–H groups in total. The zero-order valence-electron chi connectivity index (χ0n) is 4.59. The topological polar surface area (TPSA) is 83.8 Å². The van der Waals surface area contributed by atoms with Crippen LogP contribution in [0.2, 0.25) is 0 Å². The van der Waals surface area contributed by atoms with E-state index >= 15 is 0 Å². The molecule has 0 aliphatic carbocycles.